The summed E-state index contributed by atoms with van der Waals surface area (Å²) in [6.07, 6.45) is -0.00705. The van der Waals surface area contributed by atoms with Gasteiger partial charge in [0.2, 0.25) is 0 Å². The van der Waals surface area contributed by atoms with Gasteiger partial charge in [-0.1, -0.05) is 6.07 Å². The lowest BCUT2D eigenvalue weighted by atomic mass is 10.1. The molecular weight excluding hydrogens is 223 g/mol. The number of nitrogens with two attached hydrogens (primary N) is 1. The predicted octanol–water partition coefficient (Wildman–Crippen LogP) is 1.25. The number of carbonyl (C=O) groups is 1. The Morgan fingerprint density at radius 2 is 2.24 bits per heavy atom. The fourth-order valence-electron chi connectivity index (χ4n) is 1.41. The van der Waals surface area contributed by atoms with E-state index < -0.39 is 11.9 Å². The van der Waals surface area contributed by atoms with Gasteiger partial charge in [0, 0.05) is 13.6 Å². The van der Waals surface area contributed by atoms with Crippen molar-refractivity contribution in [1.29, 1.82) is 0 Å². The van der Waals surface area contributed by atoms with Crippen molar-refractivity contribution in [3.05, 3.63) is 29.6 Å². The summed E-state index contributed by atoms with van der Waals surface area (Å²) in [5.41, 5.74) is 5.52. The molecule has 0 radical (unpaired) electrons. The zero-order valence-corrected chi connectivity index (χ0v) is 9.98. The molecule has 0 bridgehead atoms. The van der Waals surface area contributed by atoms with Gasteiger partial charge < -0.3 is 15.7 Å². The van der Waals surface area contributed by atoms with Crippen molar-refractivity contribution in [2.24, 2.45) is 0 Å². The number of carbonyl (C=O) groups excluding carboxylic acids is 1. The van der Waals surface area contributed by atoms with Crippen LogP contribution in [0.5, 0.6) is 0 Å². The molecule has 0 heterocycles. The molecule has 1 unspecified atom stereocenters. The number of aliphatic hydroxyl groups is 1. The molecule has 1 rings (SSSR count). The SMILES string of the molecule is CC(O)CCN(C)C(=O)c1cccc(F)c1N. The fourth-order valence-corrected chi connectivity index (χ4v) is 1.41. The van der Waals surface area contributed by atoms with Crippen molar-refractivity contribution in [1.82, 2.24) is 4.90 Å². The number of hydrogen-bond acceptors (Lipinski definition) is 3. The van der Waals surface area contributed by atoms with E-state index >= 15 is 0 Å². The maximum absolute atomic E-state index is 13.2. The van der Waals surface area contributed by atoms with Gasteiger partial charge in [0.25, 0.3) is 5.91 Å². The minimum atomic E-state index is -0.597. The molecule has 0 fully saturated rings. The lowest BCUT2D eigenvalue weighted by Crippen LogP contribution is -2.30. The molecule has 17 heavy (non-hydrogen) atoms. The molecule has 0 aromatic heterocycles. The topological polar surface area (TPSA) is 66.6 Å². The normalized spacial score (nSPS) is 12.2. The van der Waals surface area contributed by atoms with Crippen molar-refractivity contribution in [3.8, 4) is 0 Å². The zero-order chi connectivity index (χ0) is 13.0. The van der Waals surface area contributed by atoms with E-state index in [1.54, 1.807) is 14.0 Å². The second kappa shape index (κ2) is 5.63. The fraction of sp³-hybridized carbons (Fsp3) is 0.417. The van der Waals surface area contributed by atoms with E-state index in [2.05, 4.69) is 0 Å². The number of rotatable bonds is 4. The Balaban J connectivity index is 2.78. The Kier molecular flexibility index (Phi) is 4.45. The Morgan fingerprint density at radius 1 is 1.59 bits per heavy atom. The van der Waals surface area contributed by atoms with Gasteiger partial charge in [-0.25, -0.2) is 4.39 Å². The number of para-hydroxylation sites is 1. The third-order valence-electron chi connectivity index (χ3n) is 2.51. The molecule has 1 amide bonds. The van der Waals surface area contributed by atoms with Crippen molar-refractivity contribution < 1.29 is 14.3 Å². The van der Waals surface area contributed by atoms with Crippen LogP contribution in [0.4, 0.5) is 10.1 Å². The van der Waals surface area contributed by atoms with Gasteiger partial charge in [-0.15, -0.1) is 0 Å². The molecule has 94 valence electrons. The summed E-state index contributed by atoms with van der Waals surface area (Å²) in [5, 5.41) is 9.13. The monoisotopic (exact) mass is 240 g/mol. The van der Waals surface area contributed by atoms with Crippen LogP contribution >= 0.6 is 0 Å². The van der Waals surface area contributed by atoms with Gasteiger partial charge in [0.1, 0.15) is 5.82 Å². The van der Waals surface area contributed by atoms with E-state index in [4.69, 9.17) is 10.8 Å². The first kappa shape index (κ1) is 13.4. The van der Waals surface area contributed by atoms with Crippen LogP contribution in [-0.4, -0.2) is 35.6 Å². The highest BCUT2D eigenvalue weighted by molar-refractivity contribution is 5.99. The van der Waals surface area contributed by atoms with Crippen LogP contribution < -0.4 is 5.73 Å². The molecule has 5 heteroatoms. The van der Waals surface area contributed by atoms with E-state index in [1.807, 2.05) is 0 Å². The molecule has 0 saturated heterocycles. The molecule has 0 spiro atoms. The van der Waals surface area contributed by atoms with Gasteiger partial charge >= 0.3 is 0 Å². The van der Waals surface area contributed by atoms with Gasteiger partial charge in [-0.3, -0.25) is 4.79 Å². The lowest BCUT2D eigenvalue weighted by molar-refractivity contribution is 0.0769. The van der Waals surface area contributed by atoms with Crippen LogP contribution in [0, 0.1) is 5.82 Å². The molecule has 1 aromatic rings. The molecule has 0 aliphatic rings. The summed E-state index contributed by atoms with van der Waals surface area (Å²) in [6, 6.07) is 4.14. The standard InChI is InChI=1S/C12H17FN2O2/c1-8(16)6-7-15(2)12(17)9-4-3-5-10(13)11(9)14/h3-5,8,16H,6-7,14H2,1-2H3. The van der Waals surface area contributed by atoms with Crippen molar-refractivity contribution >= 4 is 11.6 Å². The first-order chi connectivity index (χ1) is 7.93. The summed E-state index contributed by atoms with van der Waals surface area (Å²) in [4.78, 5) is 13.3. The van der Waals surface area contributed by atoms with E-state index in [-0.39, 0.29) is 17.2 Å². The molecule has 0 aliphatic heterocycles. The summed E-state index contributed by atoms with van der Waals surface area (Å²) >= 11 is 0. The van der Waals surface area contributed by atoms with Gasteiger partial charge in [-0.2, -0.15) is 0 Å². The first-order valence-corrected chi connectivity index (χ1v) is 5.41. The van der Waals surface area contributed by atoms with Crippen LogP contribution in [0.1, 0.15) is 23.7 Å². The maximum Gasteiger partial charge on any atom is 0.255 e. The van der Waals surface area contributed by atoms with E-state index in [1.165, 1.54) is 23.1 Å². The predicted molar refractivity (Wildman–Crippen MR) is 64.1 cm³/mol. The molecule has 4 nitrogen and oxygen atoms in total. The van der Waals surface area contributed by atoms with Crippen LogP contribution in [0.15, 0.2) is 18.2 Å². The Labute approximate surface area is 99.8 Å². The van der Waals surface area contributed by atoms with Crippen molar-refractivity contribution in [3.63, 3.8) is 0 Å². The van der Waals surface area contributed by atoms with Crippen LogP contribution in [0.2, 0.25) is 0 Å². The summed E-state index contributed by atoms with van der Waals surface area (Å²) < 4.78 is 13.2. The van der Waals surface area contributed by atoms with Crippen LogP contribution in [0.3, 0.4) is 0 Å². The number of amides is 1. The number of anilines is 1. The van der Waals surface area contributed by atoms with E-state index in [0.717, 1.165) is 0 Å². The smallest absolute Gasteiger partial charge is 0.255 e. The molecule has 0 aliphatic carbocycles. The Morgan fingerprint density at radius 3 is 2.82 bits per heavy atom. The highest BCUT2D eigenvalue weighted by Crippen LogP contribution is 2.17. The quantitative estimate of drug-likeness (QED) is 0.778. The number of halogens is 1. The Hall–Kier alpha value is -1.62. The minimum Gasteiger partial charge on any atom is -0.396 e. The lowest BCUT2D eigenvalue weighted by Gasteiger charge is -2.19. The zero-order valence-electron chi connectivity index (χ0n) is 9.98. The van der Waals surface area contributed by atoms with E-state index in [0.29, 0.717) is 13.0 Å². The van der Waals surface area contributed by atoms with Gasteiger partial charge in [-0.05, 0) is 25.5 Å². The number of hydrogen-bond donors (Lipinski definition) is 2. The number of aliphatic hydroxyl groups excluding tert-OH is 1. The average molecular weight is 240 g/mol. The number of nitrogens with zero attached hydrogens (tertiary/aromatic N) is 1. The first-order valence-electron chi connectivity index (χ1n) is 5.41. The Bertz CT molecular complexity index is 407. The molecule has 1 aromatic carbocycles. The number of benzene rings is 1. The molecule has 0 saturated carbocycles. The van der Waals surface area contributed by atoms with E-state index in [9.17, 15) is 9.18 Å². The van der Waals surface area contributed by atoms with Crippen LogP contribution in [0.25, 0.3) is 0 Å². The highest BCUT2D eigenvalue weighted by atomic mass is 19.1. The number of nitrogen functional groups attached to an aromatic ring is 1. The summed E-state index contributed by atoms with van der Waals surface area (Å²) in [7, 11) is 1.59. The third-order valence-corrected chi connectivity index (χ3v) is 2.51. The van der Waals surface area contributed by atoms with Crippen molar-refractivity contribution in [2.45, 2.75) is 19.4 Å². The third kappa shape index (κ3) is 3.42. The second-order valence-corrected chi connectivity index (χ2v) is 4.07. The molecular formula is C12H17FN2O2. The van der Waals surface area contributed by atoms with Crippen LogP contribution in [-0.2, 0) is 0 Å². The largest absolute Gasteiger partial charge is 0.396 e. The maximum atomic E-state index is 13.2. The van der Waals surface area contributed by atoms with Gasteiger partial charge in [0.15, 0.2) is 0 Å². The van der Waals surface area contributed by atoms with Crippen molar-refractivity contribution in [2.75, 3.05) is 19.3 Å². The molecule has 1 atom stereocenters. The highest BCUT2D eigenvalue weighted by Gasteiger charge is 2.16. The van der Waals surface area contributed by atoms with Gasteiger partial charge in [0.05, 0.1) is 17.4 Å². The average Bonchev–Trinajstić information content (AvgIpc) is 2.28. The summed E-state index contributed by atoms with van der Waals surface area (Å²) in [5.74, 6) is -0.942. The minimum absolute atomic E-state index is 0.138. The molecule has 3 N–H and O–H groups in total. The summed E-state index contributed by atoms with van der Waals surface area (Å²) in [6.45, 7) is 2.04. The second-order valence-electron chi connectivity index (χ2n) is 4.07.